The van der Waals surface area contributed by atoms with Crippen molar-refractivity contribution in [1.82, 2.24) is 9.88 Å². The first-order valence-corrected chi connectivity index (χ1v) is 10.2. The summed E-state index contributed by atoms with van der Waals surface area (Å²) in [4.78, 5) is 19.3. The Kier molecular flexibility index (Phi) is 6.64. The monoisotopic (exact) mass is 440 g/mol. The molecule has 1 aliphatic heterocycles. The van der Waals surface area contributed by atoms with Crippen LogP contribution in [0.1, 0.15) is 60.8 Å². The second-order valence-corrected chi connectivity index (χ2v) is 8.32. The molecule has 2 heterocycles. The summed E-state index contributed by atoms with van der Waals surface area (Å²) in [5.74, 6) is 0.460. The Balaban J connectivity index is 1.81. The van der Waals surface area contributed by atoms with Crippen molar-refractivity contribution in [2.45, 2.75) is 64.3 Å². The van der Waals surface area contributed by atoms with E-state index in [2.05, 4.69) is 4.98 Å². The number of ether oxygens (including phenoxy) is 1. The summed E-state index contributed by atoms with van der Waals surface area (Å²) in [7, 11) is 0. The molecule has 1 aromatic heterocycles. The number of oxazole rings is 1. The molecule has 1 saturated heterocycles. The Hall–Kier alpha value is -2.55. The number of likely N-dealkylation sites (tertiary alicyclic amines) is 1. The maximum atomic E-state index is 13.3. The van der Waals surface area contributed by atoms with Crippen molar-refractivity contribution >= 4 is 5.91 Å². The molecule has 0 bridgehead atoms. The number of carbonyl (C=O) groups excluding carboxylic acids is 1. The lowest BCUT2D eigenvalue weighted by atomic mass is 9.98. The lowest BCUT2D eigenvalue weighted by Crippen LogP contribution is -2.45. The van der Waals surface area contributed by atoms with Gasteiger partial charge in [-0.05, 0) is 52.2 Å². The van der Waals surface area contributed by atoms with E-state index in [4.69, 9.17) is 9.15 Å². The van der Waals surface area contributed by atoms with Gasteiger partial charge in [0, 0.05) is 19.0 Å². The summed E-state index contributed by atoms with van der Waals surface area (Å²) < 4.78 is 48.4. The Morgan fingerprint density at radius 2 is 2.00 bits per heavy atom. The average molecular weight is 440 g/mol. The van der Waals surface area contributed by atoms with E-state index in [9.17, 15) is 23.1 Å². The Morgan fingerprint density at radius 3 is 2.65 bits per heavy atom. The van der Waals surface area contributed by atoms with Crippen molar-refractivity contribution in [3.05, 3.63) is 47.2 Å². The molecule has 3 rings (SSSR count). The van der Waals surface area contributed by atoms with E-state index in [1.165, 1.54) is 18.2 Å². The van der Waals surface area contributed by atoms with Crippen LogP contribution in [0.3, 0.4) is 0 Å². The first-order valence-electron chi connectivity index (χ1n) is 10.2. The van der Waals surface area contributed by atoms with Crippen LogP contribution in [0.2, 0.25) is 0 Å². The number of hydrogen-bond donors (Lipinski definition) is 1. The summed E-state index contributed by atoms with van der Waals surface area (Å²) in [6.07, 6.45) is -1.71. The maximum Gasteiger partial charge on any atom is 0.422 e. The third-order valence-electron chi connectivity index (χ3n) is 5.23. The molecule has 1 amide bonds. The number of alkyl halides is 3. The highest BCUT2D eigenvalue weighted by atomic mass is 19.4. The smallest absolute Gasteiger partial charge is 0.422 e. The summed E-state index contributed by atoms with van der Waals surface area (Å²) in [5.41, 5.74) is -0.607. The maximum absolute atomic E-state index is 13.3. The number of carbonyl (C=O) groups is 1. The first kappa shape index (κ1) is 23.1. The SMILES string of the molecule is Cc1oc(CC2CCCCN2C(=O)c2ccccc2OCC(F)(F)F)nc1C(C)(C)O. The van der Waals surface area contributed by atoms with Crippen LogP contribution in [0.4, 0.5) is 13.2 Å². The third kappa shape index (κ3) is 5.78. The lowest BCUT2D eigenvalue weighted by molar-refractivity contribution is -0.153. The minimum Gasteiger partial charge on any atom is -0.483 e. The summed E-state index contributed by atoms with van der Waals surface area (Å²) in [6.45, 7) is 3.99. The third-order valence-corrected chi connectivity index (χ3v) is 5.23. The van der Waals surface area contributed by atoms with Crippen LogP contribution in [0.25, 0.3) is 0 Å². The molecule has 1 unspecified atom stereocenters. The summed E-state index contributed by atoms with van der Waals surface area (Å²) in [6, 6.07) is 5.75. The fourth-order valence-electron chi connectivity index (χ4n) is 3.87. The van der Waals surface area contributed by atoms with Gasteiger partial charge in [0.1, 0.15) is 22.8 Å². The summed E-state index contributed by atoms with van der Waals surface area (Å²) in [5, 5.41) is 10.2. The molecular weight excluding hydrogens is 413 g/mol. The molecule has 9 heteroatoms. The first-order chi connectivity index (χ1) is 14.5. The number of rotatable bonds is 6. The van der Waals surface area contributed by atoms with Crippen molar-refractivity contribution in [1.29, 1.82) is 0 Å². The number of piperidine rings is 1. The van der Waals surface area contributed by atoms with E-state index in [0.717, 1.165) is 19.3 Å². The molecule has 0 spiro atoms. The van der Waals surface area contributed by atoms with Gasteiger partial charge in [-0.15, -0.1) is 0 Å². The second kappa shape index (κ2) is 8.90. The van der Waals surface area contributed by atoms with Crippen LogP contribution < -0.4 is 4.74 Å². The average Bonchev–Trinajstić information content (AvgIpc) is 3.06. The zero-order valence-electron chi connectivity index (χ0n) is 17.8. The van der Waals surface area contributed by atoms with E-state index in [1.54, 1.807) is 31.7 Å². The normalized spacial score (nSPS) is 17.6. The Labute approximate surface area is 179 Å². The van der Waals surface area contributed by atoms with Gasteiger partial charge in [-0.2, -0.15) is 13.2 Å². The zero-order valence-corrected chi connectivity index (χ0v) is 17.8. The molecule has 0 aliphatic carbocycles. The lowest BCUT2D eigenvalue weighted by Gasteiger charge is -2.35. The molecule has 1 atom stereocenters. The van der Waals surface area contributed by atoms with E-state index in [1.807, 2.05) is 0 Å². The minimum atomic E-state index is -4.50. The Morgan fingerprint density at radius 1 is 1.29 bits per heavy atom. The number of hydrogen-bond acceptors (Lipinski definition) is 5. The molecule has 1 aliphatic rings. The summed E-state index contributed by atoms with van der Waals surface area (Å²) >= 11 is 0. The molecule has 0 saturated carbocycles. The van der Waals surface area contributed by atoms with Crippen LogP contribution >= 0.6 is 0 Å². The number of nitrogens with zero attached hydrogens (tertiary/aromatic N) is 2. The van der Waals surface area contributed by atoms with Crippen LogP contribution in [0.15, 0.2) is 28.7 Å². The van der Waals surface area contributed by atoms with E-state index in [0.29, 0.717) is 30.3 Å². The molecule has 2 aromatic rings. The molecule has 31 heavy (non-hydrogen) atoms. The predicted molar refractivity (Wildman–Crippen MR) is 107 cm³/mol. The van der Waals surface area contributed by atoms with Gasteiger partial charge in [0.25, 0.3) is 5.91 Å². The quantitative estimate of drug-likeness (QED) is 0.721. The van der Waals surface area contributed by atoms with E-state index >= 15 is 0 Å². The van der Waals surface area contributed by atoms with E-state index in [-0.39, 0.29) is 23.3 Å². The topological polar surface area (TPSA) is 75.8 Å². The van der Waals surface area contributed by atoms with Gasteiger partial charge in [0.05, 0.1) is 5.56 Å². The van der Waals surface area contributed by atoms with Gasteiger partial charge < -0.3 is 19.2 Å². The Bertz CT molecular complexity index is 918. The van der Waals surface area contributed by atoms with Crippen molar-refractivity contribution in [3.8, 4) is 5.75 Å². The number of benzene rings is 1. The highest BCUT2D eigenvalue weighted by molar-refractivity contribution is 5.97. The number of para-hydroxylation sites is 1. The van der Waals surface area contributed by atoms with Crippen molar-refractivity contribution in [2.75, 3.05) is 13.2 Å². The van der Waals surface area contributed by atoms with Crippen LogP contribution in [-0.2, 0) is 12.0 Å². The van der Waals surface area contributed by atoms with Gasteiger partial charge in [0.2, 0.25) is 0 Å². The van der Waals surface area contributed by atoms with Gasteiger partial charge in [-0.25, -0.2) is 4.98 Å². The van der Waals surface area contributed by atoms with Gasteiger partial charge in [0.15, 0.2) is 12.5 Å². The molecule has 1 aromatic carbocycles. The largest absolute Gasteiger partial charge is 0.483 e. The van der Waals surface area contributed by atoms with Gasteiger partial charge in [-0.1, -0.05) is 12.1 Å². The fourth-order valence-corrected chi connectivity index (χ4v) is 3.87. The highest BCUT2D eigenvalue weighted by Crippen LogP contribution is 2.29. The number of amides is 1. The molecular formula is C22H27F3N2O4. The van der Waals surface area contributed by atoms with Crippen LogP contribution in [0.5, 0.6) is 5.75 Å². The van der Waals surface area contributed by atoms with Gasteiger partial charge >= 0.3 is 6.18 Å². The highest BCUT2D eigenvalue weighted by Gasteiger charge is 2.33. The fraction of sp³-hybridized carbons (Fsp3) is 0.545. The standard InChI is InChI=1S/C22H27F3N2O4/c1-14-19(21(2,3)29)26-18(31-14)12-15-8-6-7-11-27(15)20(28)16-9-4-5-10-17(16)30-13-22(23,24)25/h4-5,9-10,15,29H,6-8,11-13H2,1-3H3. The van der Waals surface area contributed by atoms with E-state index < -0.39 is 18.4 Å². The number of aliphatic hydroxyl groups is 1. The van der Waals surface area contributed by atoms with Crippen LogP contribution in [0, 0.1) is 6.92 Å². The number of aromatic nitrogens is 1. The number of aryl methyl sites for hydroxylation is 1. The predicted octanol–water partition coefficient (Wildman–Crippen LogP) is 4.39. The molecule has 1 N–H and O–H groups in total. The molecule has 1 fully saturated rings. The molecule has 6 nitrogen and oxygen atoms in total. The minimum absolute atomic E-state index is 0.0922. The van der Waals surface area contributed by atoms with Crippen molar-refractivity contribution in [3.63, 3.8) is 0 Å². The second-order valence-electron chi connectivity index (χ2n) is 8.32. The van der Waals surface area contributed by atoms with Crippen molar-refractivity contribution in [2.24, 2.45) is 0 Å². The zero-order chi connectivity index (χ0) is 22.8. The van der Waals surface area contributed by atoms with Crippen LogP contribution in [-0.4, -0.2) is 46.3 Å². The number of halogens is 3. The molecule has 0 radical (unpaired) electrons. The van der Waals surface area contributed by atoms with Crippen molar-refractivity contribution < 1.29 is 32.2 Å². The molecule has 170 valence electrons. The van der Waals surface area contributed by atoms with Gasteiger partial charge in [-0.3, -0.25) is 4.79 Å².